The summed E-state index contributed by atoms with van der Waals surface area (Å²) >= 11 is 0. The predicted molar refractivity (Wildman–Crippen MR) is 57.3 cm³/mol. The summed E-state index contributed by atoms with van der Waals surface area (Å²) in [7, 11) is 0. The van der Waals surface area contributed by atoms with Crippen molar-refractivity contribution >= 4 is 5.91 Å². The zero-order chi connectivity index (χ0) is 10.3. The smallest absolute Gasteiger partial charge is 0.235 e. The number of carbonyl (C=O) groups excluding carboxylic acids is 1. The van der Waals surface area contributed by atoms with Gasteiger partial charge in [0.1, 0.15) is 0 Å². The third-order valence-electron chi connectivity index (χ3n) is 3.89. The molecule has 3 aliphatic rings. The van der Waals surface area contributed by atoms with E-state index in [4.69, 9.17) is 0 Å². The topological polar surface area (TPSA) is 44.4 Å². The molecule has 0 radical (unpaired) electrons. The monoisotopic (exact) mass is 209 g/mol. The van der Waals surface area contributed by atoms with Crippen molar-refractivity contribution in [2.45, 2.75) is 31.3 Å². The highest BCUT2D eigenvalue weighted by molar-refractivity contribution is 5.81. The van der Waals surface area contributed by atoms with Gasteiger partial charge in [0.05, 0.1) is 12.2 Å². The molecule has 0 unspecified atom stereocenters. The molecule has 0 aromatic carbocycles. The van der Waals surface area contributed by atoms with Gasteiger partial charge < -0.3 is 10.2 Å². The number of hydrogen-bond donors (Lipinski definition) is 2. The van der Waals surface area contributed by atoms with Crippen molar-refractivity contribution < 1.29 is 4.79 Å². The van der Waals surface area contributed by atoms with Gasteiger partial charge in [0, 0.05) is 19.6 Å². The van der Waals surface area contributed by atoms with Crippen LogP contribution in [-0.2, 0) is 4.79 Å². The second-order valence-electron chi connectivity index (χ2n) is 5.23. The standard InChI is InChI=1S/C11H19N3O/c15-10-7-12-11(13-10)3-5-14(6-4-11)8-9-1-2-9/h9,12H,1-8H2,(H,13,15). The van der Waals surface area contributed by atoms with E-state index >= 15 is 0 Å². The van der Waals surface area contributed by atoms with Crippen LogP contribution in [0.3, 0.4) is 0 Å². The third kappa shape index (κ3) is 2.01. The Balaban J connectivity index is 1.53. The molecule has 1 saturated carbocycles. The van der Waals surface area contributed by atoms with Crippen molar-refractivity contribution in [1.82, 2.24) is 15.5 Å². The van der Waals surface area contributed by atoms with Crippen LogP contribution >= 0.6 is 0 Å². The first-order valence-corrected chi connectivity index (χ1v) is 6.04. The number of amides is 1. The minimum Gasteiger partial charge on any atom is -0.337 e. The fourth-order valence-electron chi connectivity index (χ4n) is 2.69. The van der Waals surface area contributed by atoms with Crippen molar-refractivity contribution in [3.8, 4) is 0 Å². The molecule has 0 aromatic heterocycles. The lowest BCUT2D eigenvalue weighted by Gasteiger charge is -2.39. The number of nitrogens with zero attached hydrogens (tertiary/aromatic N) is 1. The van der Waals surface area contributed by atoms with Gasteiger partial charge >= 0.3 is 0 Å². The molecule has 0 atom stereocenters. The summed E-state index contributed by atoms with van der Waals surface area (Å²) in [5.74, 6) is 1.14. The van der Waals surface area contributed by atoms with Crippen LogP contribution in [0.15, 0.2) is 0 Å². The Bertz CT molecular complexity index is 267. The first kappa shape index (κ1) is 9.60. The van der Waals surface area contributed by atoms with E-state index in [-0.39, 0.29) is 11.6 Å². The summed E-state index contributed by atoms with van der Waals surface area (Å²) in [5, 5.41) is 6.41. The summed E-state index contributed by atoms with van der Waals surface area (Å²) in [5.41, 5.74) is -0.0584. The van der Waals surface area contributed by atoms with Gasteiger partial charge in [-0.15, -0.1) is 0 Å². The molecule has 1 amide bonds. The van der Waals surface area contributed by atoms with Crippen molar-refractivity contribution in [3.63, 3.8) is 0 Å². The second-order valence-corrected chi connectivity index (χ2v) is 5.23. The van der Waals surface area contributed by atoms with E-state index in [0.29, 0.717) is 6.54 Å². The molecule has 1 spiro atoms. The molecular formula is C11H19N3O. The zero-order valence-electron chi connectivity index (χ0n) is 9.09. The summed E-state index contributed by atoms with van der Waals surface area (Å²) in [6, 6.07) is 0. The maximum Gasteiger partial charge on any atom is 0.235 e. The van der Waals surface area contributed by atoms with Crippen LogP contribution in [0.25, 0.3) is 0 Å². The number of hydrogen-bond acceptors (Lipinski definition) is 3. The number of rotatable bonds is 2. The van der Waals surface area contributed by atoms with Crippen molar-refractivity contribution in [1.29, 1.82) is 0 Å². The number of nitrogens with one attached hydrogen (secondary N) is 2. The molecule has 2 N–H and O–H groups in total. The SMILES string of the molecule is O=C1CNC2(CCN(CC3CC3)CC2)N1. The molecule has 15 heavy (non-hydrogen) atoms. The van der Waals surface area contributed by atoms with Crippen LogP contribution in [0.5, 0.6) is 0 Å². The molecule has 3 rings (SSSR count). The van der Waals surface area contributed by atoms with Gasteiger partial charge in [-0.05, 0) is 31.6 Å². The Hall–Kier alpha value is -0.610. The van der Waals surface area contributed by atoms with Gasteiger partial charge in [0.2, 0.25) is 5.91 Å². The molecular weight excluding hydrogens is 190 g/mol. The van der Waals surface area contributed by atoms with Gasteiger partial charge in [0.15, 0.2) is 0 Å². The van der Waals surface area contributed by atoms with Gasteiger partial charge in [-0.2, -0.15) is 0 Å². The van der Waals surface area contributed by atoms with Gasteiger partial charge in [-0.3, -0.25) is 10.1 Å². The zero-order valence-corrected chi connectivity index (χ0v) is 9.09. The Morgan fingerprint density at radius 2 is 2.07 bits per heavy atom. The Kier molecular flexibility index (Phi) is 2.21. The molecule has 2 aliphatic heterocycles. The third-order valence-corrected chi connectivity index (χ3v) is 3.89. The van der Waals surface area contributed by atoms with Crippen molar-refractivity contribution in [3.05, 3.63) is 0 Å². The van der Waals surface area contributed by atoms with E-state index in [1.54, 1.807) is 0 Å². The van der Waals surface area contributed by atoms with Crippen LogP contribution in [0.2, 0.25) is 0 Å². The molecule has 0 bridgehead atoms. The highest BCUT2D eigenvalue weighted by Crippen LogP contribution is 2.31. The highest BCUT2D eigenvalue weighted by Gasteiger charge is 2.40. The fourth-order valence-corrected chi connectivity index (χ4v) is 2.69. The maximum atomic E-state index is 11.2. The van der Waals surface area contributed by atoms with Crippen LogP contribution in [-0.4, -0.2) is 42.6 Å². The van der Waals surface area contributed by atoms with Gasteiger partial charge in [-0.25, -0.2) is 0 Å². The molecule has 0 aromatic rings. The number of carbonyl (C=O) groups is 1. The van der Waals surface area contributed by atoms with Gasteiger partial charge in [-0.1, -0.05) is 0 Å². The highest BCUT2D eigenvalue weighted by atomic mass is 16.2. The second kappa shape index (κ2) is 3.46. The fraction of sp³-hybridized carbons (Fsp3) is 0.909. The lowest BCUT2D eigenvalue weighted by Crippen LogP contribution is -2.57. The van der Waals surface area contributed by atoms with Crippen LogP contribution in [0, 0.1) is 5.92 Å². The molecule has 3 fully saturated rings. The maximum absolute atomic E-state index is 11.2. The van der Waals surface area contributed by atoms with E-state index in [2.05, 4.69) is 15.5 Å². The van der Waals surface area contributed by atoms with Crippen molar-refractivity contribution in [2.75, 3.05) is 26.2 Å². The minimum absolute atomic E-state index is 0.0584. The summed E-state index contributed by atoms with van der Waals surface area (Å²) in [6.45, 7) is 4.04. The Morgan fingerprint density at radius 3 is 2.60 bits per heavy atom. The van der Waals surface area contributed by atoms with Crippen molar-refractivity contribution in [2.24, 2.45) is 5.92 Å². The van der Waals surface area contributed by atoms with E-state index in [9.17, 15) is 4.79 Å². The molecule has 84 valence electrons. The predicted octanol–water partition coefficient (Wildman–Crippen LogP) is -0.0921. The molecule has 1 aliphatic carbocycles. The van der Waals surface area contributed by atoms with Crippen LogP contribution < -0.4 is 10.6 Å². The lowest BCUT2D eigenvalue weighted by atomic mass is 9.97. The Morgan fingerprint density at radius 1 is 1.33 bits per heavy atom. The first-order valence-electron chi connectivity index (χ1n) is 6.04. The van der Waals surface area contributed by atoms with E-state index in [0.717, 1.165) is 31.8 Å². The molecule has 2 saturated heterocycles. The van der Waals surface area contributed by atoms with Crippen LogP contribution in [0.1, 0.15) is 25.7 Å². The molecule has 4 heteroatoms. The summed E-state index contributed by atoms with van der Waals surface area (Å²) in [6.07, 6.45) is 4.98. The summed E-state index contributed by atoms with van der Waals surface area (Å²) in [4.78, 5) is 13.7. The van der Waals surface area contributed by atoms with E-state index in [1.807, 2.05) is 0 Å². The average Bonchev–Trinajstić information content (AvgIpc) is 2.97. The number of piperidine rings is 1. The molecule has 2 heterocycles. The first-order chi connectivity index (χ1) is 7.26. The average molecular weight is 209 g/mol. The normalized spacial score (nSPS) is 30.8. The van der Waals surface area contributed by atoms with E-state index < -0.39 is 0 Å². The van der Waals surface area contributed by atoms with Crippen LogP contribution in [0.4, 0.5) is 0 Å². The summed E-state index contributed by atoms with van der Waals surface area (Å²) < 4.78 is 0. The Labute approximate surface area is 90.4 Å². The molecule has 4 nitrogen and oxygen atoms in total. The number of likely N-dealkylation sites (tertiary alicyclic amines) is 1. The quantitative estimate of drug-likeness (QED) is 0.668. The lowest BCUT2D eigenvalue weighted by molar-refractivity contribution is -0.119. The van der Waals surface area contributed by atoms with E-state index in [1.165, 1.54) is 19.4 Å². The minimum atomic E-state index is -0.0584. The largest absolute Gasteiger partial charge is 0.337 e. The van der Waals surface area contributed by atoms with Gasteiger partial charge in [0.25, 0.3) is 0 Å².